The Kier molecular flexibility index (Phi) is 2.63. The highest BCUT2D eigenvalue weighted by atomic mass is 15.0. The summed E-state index contributed by atoms with van der Waals surface area (Å²) in [6.07, 6.45) is 5.82. The van der Waals surface area contributed by atoms with E-state index in [-0.39, 0.29) is 0 Å². The molecular weight excluding hydrogens is 210 g/mol. The maximum absolute atomic E-state index is 4.74. The lowest BCUT2D eigenvalue weighted by Gasteiger charge is -2.08. The second-order valence-electron chi connectivity index (χ2n) is 5.08. The van der Waals surface area contributed by atoms with Crippen molar-refractivity contribution in [3.63, 3.8) is 0 Å². The Labute approximate surface area is 102 Å². The Morgan fingerprint density at radius 1 is 1.41 bits per heavy atom. The van der Waals surface area contributed by atoms with Crippen LogP contribution in [0.2, 0.25) is 0 Å². The largest absolute Gasteiger partial charge is 0.314 e. The monoisotopic (exact) mass is 229 g/mol. The first-order valence-electron chi connectivity index (χ1n) is 6.41. The van der Waals surface area contributed by atoms with Gasteiger partial charge in [-0.05, 0) is 44.9 Å². The van der Waals surface area contributed by atoms with E-state index < -0.39 is 0 Å². The third-order valence-electron chi connectivity index (χ3n) is 3.71. The molecule has 1 atom stereocenters. The van der Waals surface area contributed by atoms with Gasteiger partial charge in [0.05, 0.1) is 5.69 Å². The standard InChI is InChI=1S/C14H19N3/c1-10-5-6-14-16-13(11(2)17(14)9-10)8-12-4-3-7-15-12/h5-6,9,12,15H,3-4,7-8H2,1-2H3. The number of hydrogen-bond acceptors (Lipinski definition) is 2. The molecule has 0 aliphatic carbocycles. The van der Waals surface area contributed by atoms with E-state index in [2.05, 4.69) is 41.9 Å². The average molecular weight is 229 g/mol. The molecule has 3 heteroatoms. The molecule has 1 N–H and O–H groups in total. The van der Waals surface area contributed by atoms with Crippen LogP contribution in [0.25, 0.3) is 5.65 Å². The van der Waals surface area contributed by atoms with Gasteiger partial charge in [-0.1, -0.05) is 6.07 Å². The molecule has 2 aromatic rings. The van der Waals surface area contributed by atoms with E-state index in [1.165, 1.54) is 29.8 Å². The SMILES string of the molecule is Cc1ccc2nc(CC3CCCN3)c(C)n2c1. The number of nitrogens with one attached hydrogen (secondary N) is 1. The van der Waals surface area contributed by atoms with Crippen molar-refractivity contribution < 1.29 is 0 Å². The van der Waals surface area contributed by atoms with Crippen LogP contribution >= 0.6 is 0 Å². The van der Waals surface area contributed by atoms with Gasteiger partial charge >= 0.3 is 0 Å². The van der Waals surface area contributed by atoms with Crippen LogP contribution < -0.4 is 5.32 Å². The van der Waals surface area contributed by atoms with Crippen molar-refractivity contribution in [1.82, 2.24) is 14.7 Å². The normalized spacial score (nSPS) is 20.2. The third kappa shape index (κ3) is 1.95. The lowest BCUT2D eigenvalue weighted by atomic mass is 10.1. The lowest BCUT2D eigenvalue weighted by molar-refractivity contribution is 0.595. The molecule has 2 aromatic heterocycles. The minimum absolute atomic E-state index is 0.625. The number of nitrogens with zero attached hydrogens (tertiary/aromatic N) is 2. The van der Waals surface area contributed by atoms with Crippen LogP contribution in [-0.2, 0) is 6.42 Å². The van der Waals surface area contributed by atoms with Gasteiger partial charge in [0, 0.05) is 24.4 Å². The molecule has 0 radical (unpaired) electrons. The summed E-state index contributed by atoms with van der Waals surface area (Å²) in [5.74, 6) is 0. The number of imidazole rings is 1. The summed E-state index contributed by atoms with van der Waals surface area (Å²) in [5.41, 5.74) is 4.89. The molecule has 3 rings (SSSR count). The van der Waals surface area contributed by atoms with Gasteiger partial charge in [-0.25, -0.2) is 4.98 Å². The zero-order valence-electron chi connectivity index (χ0n) is 10.5. The van der Waals surface area contributed by atoms with Crippen molar-refractivity contribution in [3.8, 4) is 0 Å². The lowest BCUT2D eigenvalue weighted by Crippen LogP contribution is -2.24. The molecule has 0 aromatic carbocycles. The first-order chi connectivity index (χ1) is 8.24. The van der Waals surface area contributed by atoms with E-state index in [9.17, 15) is 0 Å². The zero-order valence-corrected chi connectivity index (χ0v) is 10.5. The summed E-state index contributed by atoms with van der Waals surface area (Å²) >= 11 is 0. The number of aromatic nitrogens is 2. The van der Waals surface area contributed by atoms with Gasteiger partial charge in [0.25, 0.3) is 0 Å². The summed E-state index contributed by atoms with van der Waals surface area (Å²) < 4.78 is 2.21. The van der Waals surface area contributed by atoms with Crippen molar-refractivity contribution in [2.45, 2.75) is 39.2 Å². The highest BCUT2D eigenvalue weighted by Gasteiger charge is 2.18. The van der Waals surface area contributed by atoms with Crippen LogP contribution in [-0.4, -0.2) is 22.0 Å². The van der Waals surface area contributed by atoms with Gasteiger partial charge in [0.1, 0.15) is 5.65 Å². The summed E-state index contributed by atoms with van der Waals surface area (Å²) in [7, 11) is 0. The van der Waals surface area contributed by atoms with Gasteiger partial charge in [-0.3, -0.25) is 0 Å². The quantitative estimate of drug-likeness (QED) is 0.855. The molecule has 0 saturated carbocycles. The number of fused-ring (bicyclic) bond motifs is 1. The molecule has 90 valence electrons. The Morgan fingerprint density at radius 3 is 3.06 bits per heavy atom. The van der Waals surface area contributed by atoms with E-state index in [1.807, 2.05) is 0 Å². The van der Waals surface area contributed by atoms with E-state index in [4.69, 9.17) is 4.98 Å². The van der Waals surface area contributed by atoms with Crippen LogP contribution in [0.5, 0.6) is 0 Å². The Bertz CT molecular complexity index is 536. The van der Waals surface area contributed by atoms with Crippen molar-refractivity contribution in [1.29, 1.82) is 0 Å². The molecule has 1 aliphatic heterocycles. The number of aryl methyl sites for hydroxylation is 2. The fourth-order valence-corrected chi connectivity index (χ4v) is 2.67. The van der Waals surface area contributed by atoms with E-state index in [0.29, 0.717) is 6.04 Å². The van der Waals surface area contributed by atoms with Crippen molar-refractivity contribution >= 4 is 5.65 Å². The fraction of sp³-hybridized carbons (Fsp3) is 0.500. The van der Waals surface area contributed by atoms with Gasteiger partial charge < -0.3 is 9.72 Å². The smallest absolute Gasteiger partial charge is 0.137 e. The molecule has 1 saturated heterocycles. The van der Waals surface area contributed by atoms with E-state index in [0.717, 1.165) is 18.6 Å². The second kappa shape index (κ2) is 4.15. The van der Waals surface area contributed by atoms with Gasteiger partial charge in [0.2, 0.25) is 0 Å². The predicted octanol–water partition coefficient (Wildman–Crippen LogP) is 2.25. The Morgan fingerprint density at radius 2 is 2.29 bits per heavy atom. The molecule has 1 aliphatic rings. The van der Waals surface area contributed by atoms with Crippen LogP contribution in [0.4, 0.5) is 0 Å². The van der Waals surface area contributed by atoms with E-state index >= 15 is 0 Å². The third-order valence-corrected chi connectivity index (χ3v) is 3.71. The molecule has 1 unspecified atom stereocenters. The van der Waals surface area contributed by atoms with Gasteiger partial charge in [-0.2, -0.15) is 0 Å². The number of hydrogen-bond donors (Lipinski definition) is 1. The Hall–Kier alpha value is -1.35. The summed E-state index contributed by atoms with van der Waals surface area (Å²) in [4.78, 5) is 4.74. The van der Waals surface area contributed by atoms with Crippen LogP contribution in [0, 0.1) is 13.8 Å². The first kappa shape index (κ1) is 10.8. The van der Waals surface area contributed by atoms with Gasteiger partial charge in [0.15, 0.2) is 0 Å². The molecule has 3 heterocycles. The molecule has 17 heavy (non-hydrogen) atoms. The summed E-state index contributed by atoms with van der Waals surface area (Å²) in [5, 5.41) is 3.54. The molecule has 0 amide bonds. The minimum Gasteiger partial charge on any atom is -0.314 e. The first-order valence-corrected chi connectivity index (χ1v) is 6.41. The molecule has 0 spiro atoms. The summed E-state index contributed by atoms with van der Waals surface area (Å²) in [6, 6.07) is 4.85. The van der Waals surface area contributed by atoms with Crippen molar-refractivity contribution in [3.05, 3.63) is 35.3 Å². The average Bonchev–Trinajstić information content (AvgIpc) is 2.91. The molecular formula is C14H19N3. The van der Waals surface area contributed by atoms with Gasteiger partial charge in [-0.15, -0.1) is 0 Å². The summed E-state index contributed by atoms with van der Waals surface area (Å²) in [6.45, 7) is 5.46. The van der Waals surface area contributed by atoms with Crippen molar-refractivity contribution in [2.24, 2.45) is 0 Å². The topological polar surface area (TPSA) is 29.3 Å². The molecule has 1 fully saturated rings. The maximum Gasteiger partial charge on any atom is 0.137 e. The van der Waals surface area contributed by atoms with Crippen molar-refractivity contribution in [2.75, 3.05) is 6.54 Å². The Balaban J connectivity index is 1.96. The van der Waals surface area contributed by atoms with Crippen LogP contribution in [0.15, 0.2) is 18.3 Å². The van der Waals surface area contributed by atoms with E-state index in [1.54, 1.807) is 0 Å². The maximum atomic E-state index is 4.74. The highest BCUT2D eigenvalue weighted by Crippen LogP contribution is 2.17. The molecule has 3 nitrogen and oxygen atoms in total. The highest BCUT2D eigenvalue weighted by molar-refractivity contribution is 5.44. The number of rotatable bonds is 2. The molecule has 0 bridgehead atoms. The predicted molar refractivity (Wildman–Crippen MR) is 69.4 cm³/mol. The zero-order chi connectivity index (χ0) is 11.8. The fourth-order valence-electron chi connectivity index (χ4n) is 2.67. The van der Waals surface area contributed by atoms with Crippen LogP contribution in [0.3, 0.4) is 0 Å². The van der Waals surface area contributed by atoms with Crippen LogP contribution in [0.1, 0.15) is 29.8 Å². The second-order valence-corrected chi connectivity index (χ2v) is 5.08. The minimum atomic E-state index is 0.625. The number of pyridine rings is 1.